The van der Waals surface area contributed by atoms with Crippen LogP contribution in [0.1, 0.15) is 12.8 Å². The van der Waals surface area contributed by atoms with Gasteiger partial charge in [0.1, 0.15) is 5.82 Å². The standard InChI is InChI=1S/C14H20FN3O2S/c15-12-7-13(16)9-14(8-12)21(19,20)18-5-3-17(4-6-18)10-11-1-2-11/h7-9,11H,1-6,10,16H2. The van der Waals surface area contributed by atoms with Crippen LogP contribution in [0.15, 0.2) is 23.1 Å². The molecule has 2 aliphatic rings. The van der Waals surface area contributed by atoms with Gasteiger partial charge in [-0.3, -0.25) is 0 Å². The van der Waals surface area contributed by atoms with Crippen molar-refractivity contribution in [2.75, 3.05) is 38.5 Å². The summed E-state index contributed by atoms with van der Waals surface area (Å²) in [6.07, 6.45) is 2.59. The maximum atomic E-state index is 13.4. The summed E-state index contributed by atoms with van der Waals surface area (Å²) in [4.78, 5) is 2.25. The van der Waals surface area contributed by atoms with Crippen LogP contribution in [0, 0.1) is 11.7 Å². The summed E-state index contributed by atoms with van der Waals surface area (Å²) in [6.45, 7) is 3.44. The van der Waals surface area contributed by atoms with E-state index in [1.54, 1.807) is 0 Å². The molecule has 0 radical (unpaired) electrons. The number of hydrogen-bond donors (Lipinski definition) is 1. The number of nitrogen functional groups attached to an aromatic ring is 1. The van der Waals surface area contributed by atoms with Gasteiger partial charge in [0, 0.05) is 38.4 Å². The van der Waals surface area contributed by atoms with Gasteiger partial charge >= 0.3 is 0 Å². The molecule has 1 saturated heterocycles. The van der Waals surface area contributed by atoms with Crippen molar-refractivity contribution >= 4 is 15.7 Å². The number of benzene rings is 1. The second-order valence-electron chi connectivity index (χ2n) is 5.87. The Labute approximate surface area is 124 Å². The van der Waals surface area contributed by atoms with Crippen LogP contribution in [0.3, 0.4) is 0 Å². The minimum absolute atomic E-state index is 0.0596. The summed E-state index contributed by atoms with van der Waals surface area (Å²) in [5.74, 6) is 0.178. The Hall–Kier alpha value is -1.18. The van der Waals surface area contributed by atoms with Crippen molar-refractivity contribution in [2.45, 2.75) is 17.7 Å². The van der Waals surface area contributed by atoms with Gasteiger partial charge < -0.3 is 10.6 Å². The van der Waals surface area contributed by atoms with Crippen LogP contribution in [0.4, 0.5) is 10.1 Å². The molecule has 1 aromatic rings. The van der Waals surface area contributed by atoms with Gasteiger partial charge in [-0.1, -0.05) is 0 Å². The first kappa shape index (κ1) is 14.7. The molecule has 2 fully saturated rings. The number of nitrogens with zero attached hydrogens (tertiary/aromatic N) is 2. The van der Waals surface area contributed by atoms with Crippen molar-refractivity contribution in [1.29, 1.82) is 0 Å². The SMILES string of the molecule is Nc1cc(F)cc(S(=O)(=O)N2CCN(CC3CC3)CC2)c1. The molecule has 2 N–H and O–H groups in total. The molecule has 1 aromatic carbocycles. The van der Waals surface area contributed by atoms with E-state index in [9.17, 15) is 12.8 Å². The van der Waals surface area contributed by atoms with E-state index in [4.69, 9.17) is 5.73 Å². The highest BCUT2D eigenvalue weighted by atomic mass is 32.2. The molecule has 0 unspecified atom stereocenters. The molecule has 0 atom stereocenters. The second kappa shape index (κ2) is 5.55. The van der Waals surface area contributed by atoms with Crippen LogP contribution in [0.2, 0.25) is 0 Å². The summed E-state index contributed by atoms with van der Waals surface area (Å²) in [7, 11) is -3.66. The van der Waals surface area contributed by atoms with Crippen molar-refractivity contribution < 1.29 is 12.8 Å². The number of halogens is 1. The fourth-order valence-corrected chi connectivity index (χ4v) is 4.19. The molecule has 116 valence electrons. The van der Waals surface area contributed by atoms with Crippen LogP contribution >= 0.6 is 0 Å². The molecule has 3 rings (SSSR count). The molecular formula is C14H20FN3O2S. The predicted molar refractivity (Wildman–Crippen MR) is 78.7 cm³/mol. The average Bonchev–Trinajstić information content (AvgIpc) is 3.22. The highest BCUT2D eigenvalue weighted by molar-refractivity contribution is 7.89. The topological polar surface area (TPSA) is 66.6 Å². The fourth-order valence-electron chi connectivity index (χ4n) is 2.70. The first-order chi connectivity index (χ1) is 9.95. The third-order valence-corrected chi connectivity index (χ3v) is 5.95. The molecular weight excluding hydrogens is 293 g/mol. The van der Waals surface area contributed by atoms with E-state index in [0.29, 0.717) is 13.1 Å². The highest BCUT2D eigenvalue weighted by Crippen LogP contribution is 2.30. The van der Waals surface area contributed by atoms with E-state index in [-0.39, 0.29) is 10.6 Å². The Balaban J connectivity index is 1.70. The van der Waals surface area contributed by atoms with Gasteiger partial charge in [0.25, 0.3) is 0 Å². The van der Waals surface area contributed by atoms with Crippen LogP contribution in [-0.2, 0) is 10.0 Å². The normalized spacial score (nSPS) is 21.6. The lowest BCUT2D eigenvalue weighted by atomic mass is 10.3. The number of sulfonamides is 1. The molecule has 7 heteroatoms. The van der Waals surface area contributed by atoms with Gasteiger partial charge in [-0.25, -0.2) is 12.8 Å². The van der Waals surface area contributed by atoms with E-state index < -0.39 is 15.8 Å². The summed E-state index contributed by atoms with van der Waals surface area (Å²) in [5, 5.41) is 0. The quantitative estimate of drug-likeness (QED) is 0.846. The second-order valence-corrected chi connectivity index (χ2v) is 7.81. The largest absolute Gasteiger partial charge is 0.399 e. The lowest BCUT2D eigenvalue weighted by Gasteiger charge is -2.34. The Kier molecular flexibility index (Phi) is 3.90. The van der Waals surface area contributed by atoms with E-state index >= 15 is 0 Å². The van der Waals surface area contributed by atoms with Crippen LogP contribution < -0.4 is 5.73 Å². The number of anilines is 1. The number of hydrogen-bond acceptors (Lipinski definition) is 4. The fraction of sp³-hybridized carbons (Fsp3) is 0.571. The van der Waals surface area contributed by atoms with Crippen molar-refractivity contribution in [1.82, 2.24) is 9.21 Å². The monoisotopic (exact) mass is 313 g/mol. The van der Waals surface area contributed by atoms with Gasteiger partial charge in [0.05, 0.1) is 4.90 Å². The van der Waals surface area contributed by atoms with Gasteiger partial charge in [-0.05, 0) is 37.0 Å². The summed E-state index contributed by atoms with van der Waals surface area (Å²) in [5.41, 5.74) is 5.66. The Bertz CT molecular complexity index is 603. The van der Waals surface area contributed by atoms with Gasteiger partial charge in [-0.15, -0.1) is 0 Å². The van der Waals surface area contributed by atoms with Crippen LogP contribution in [-0.4, -0.2) is 50.3 Å². The minimum Gasteiger partial charge on any atom is -0.399 e. The van der Waals surface area contributed by atoms with E-state index in [2.05, 4.69) is 4.90 Å². The van der Waals surface area contributed by atoms with Crippen molar-refractivity contribution in [2.24, 2.45) is 5.92 Å². The first-order valence-electron chi connectivity index (χ1n) is 7.24. The Morgan fingerprint density at radius 1 is 1.14 bits per heavy atom. The van der Waals surface area contributed by atoms with E-state index in [0.717, 1.165) is 37.7 Å². The van der Waals surface area contributed by atoms with Gasteiger partial charge in [0.15, 0.2) is 0 Å². The molecule has 0 aromatic heterocycles. The van der Waals surface area contributed by atoms with Crippen molar-refractivity contribution in [3.05, 3.63) is 24.0 Å². The molecule has 0 amide bonds. The number of nitrogens with two attached hydrogens (primary N) is 1. The maximum Gasteiger partial charge on any atom is 0.243 e. The highest BCUT2D eigenvalue weighted by Gasteiger charge is 2.31. The lowest BCUT2D eigenvalue weighted by molar-refractivity contribution is 0.182. The molecule has 0 spiro atoms. The summed E-state index contributed by atoms with van der Waals surface area (Å²) in [6, 6.07) is 3.46. The zero-order valence-electron chi connectivity index (χ0n) is 11.8. The Morgan fingerprint density at radius 2 is 1.81 bits per heavy atom. The van der Waals surface area contributed by atoms with Gasteiger partial charge in [0.2, 0.25) is 10.0 Å². The van der Waals surface area contributed by atoms with Crippen molar-refractivity contribution in [3.63, 3.8) is 0 Å². The third-order valence-electron chi connectivity index (χ3n) is 4.08. The van der Waals surface area contributed by atoms with E-state index in [1.165, 1.54) is 23.2 Å². The molecule has 1 saturated carbocycles. The van der Waals surface area contributed by atoms with Gasteiger partial charge in [-0.2, -0.15) is 4.31 Å². The zero-order valence-corrected chi connectivity index (χ0v) is 12.7. The van der Waals surface area contributed by atoms with E-state index in [1.807, 2.05) is 0 Å². The van der Waals surface area contributed by atoms with Crippen LogP contribution in [0.5, 0.6) is 0 Å². The minimum atomic E-state index is -3.66. The lowest BCUT2D eigenvalue weighted by Crippen LogP contribution is -2.49. The summed E-state index contributed by atoms with van der Waals surface area (Å²) >= 11 is 0. The Morgan fingerprint density at radius 3 is 2.38 bits per heavy atom. The average molecular weight is 313 g/mol. The maximum absolute atomic E-state index is 13.4. The molecule has 1 heterocycles. The zero-order chi connectivity index (χ0) is 15.0. The molecule has 5 nitrogen and oxygen atoms in total. The molecule has 1 aliphatic heterocycles. The number of piperazine rings is 1. The molecule has 1 aliphatic carbocycles. The first-order valence-corrected chi connectivity index (χ1v) is 8.68. The van der Waals surface area contributed by atoms with Crippen molar-refractivity contribution in [3.8, 4) is 0 Å². The van der Waals surface area contributed by atoms with Crippen LogP contribution in [0.25, 0.3) is 0 Å². The smallest absolute Gasteiger partial charge is 0.243 e. The molecule has 0 bridgehead atoms. The number of rotatable bonds is 4. The summed E-state index contributed by atoms with van der Waals surface area (Å²) < 4.78 is 39.8. The third kappa shape index (κ3) is 3.36. The molecule has 21 heavy (non-hydrogen) atoms. The predicted octanol–water partition coefficient (Wildman–Crippen LogP) is 1.12.